The molecule has 0 unspecified atom stereocenters. The van der Waals surface area contributed by atoms with Gasteiger partial charge in [0.2, 0.25) is 0 Å². The molecule has 0 saturated heterocycles. The topological polar surface area (TPSA) is 108 Å². The third-order valence-corrected chi connectivity index (χ3v) is 3.72. The van der Waals surface area contributed by atoms with E-state index in [0.29, 0.717) is 16.3 Å². The van der Waals surface area contributed by atoms with Crippen LogP contribution in [0.3, 0.4) is 0 Å². The Bertz CT molecular complexity index is 840. The third-order valence-electron chi connectivity index (χ3n) is 3.31. The number of esters is 1. The molecule has 0 heterocycles. The lowest BCUT2D eigenvalue weighted by Gasteiger charge is -2.10. The lowest BCUT2D eigenvalue weighted by Crippen LogP contribution is -2.24. The molecule has 136 valence electrons. The Kier molecular flexibility index (Phi) is 6.51. The molecule has 0 aliphatic heterocycles. The highest BCUT2D eigenvalue weighted by atomic mass is 35.5. The Morgan fingerprint density at radius 1 is 1.15 bits per heavy atom. The highest BCUT2D eigenvalue weighted by molar-refractivity contribution is 6.31. The maximum Gasteiger partial charge on any atom is 0.344 e. The largest absolute Gasteiger partial charge is 0.475 e. The number of carbonyl (C=O) groups excluding carboxylic acids is 2. The van der Waals surface area contributed by atoms with E-state index in [9.17, 15) is 19.7 Å². The summed E-state index contributed by atoms with van der Waals surface area (Å²) >= 11 is 5.96. The van der Waals surface area contributed by atoms with Gasteiger partial charge in [-0.15, -0.1) is 0 Å². The van der Waals surface area contributed by atoms with E-state index in [1.54, 1.807) is 25.1 Å². The lowest BCUT2D eigenvalue weighted by molar-refractivity contribution is -0.385. The van der Waals surface area contributed by atoms with Crippen molar-refractivity contribution in [3.63, 3.8) is 0 Å². The van der Waals surface area contributed by atoms with Gasteiger partial charge in [0.15, 0.2) is 19.0 Å². The SMILES string of the molecule is Cc1c(Cl)cccc1NC(=O)COC(=O)COc1ccccc1[N+](=O)[O-]. The smallest absolute Gasteiger partial charge is 0.344 e. The van der Waals surface area contributed by atoms with Crippen molar-refractivity contribution in [2.24, 2.45) is 0 Å². The van der Waals surface area contributed by atoms with E-state index < -0.39 is 30.0 Å². The number of rotatable bonds is 7. The van der Waals surface area contributed by atoms with Crippen LogP contribution in [-0.4, -0.2) is 30.0 Å². The summed E-state index contributed by atoms with van der Waals surface area (Å²) in [5.74, 6) is -1.44. The van der Waals surface area contributed by atoms with E-state index >= 15 is 0 Å². The number of amides is 1. The number of hydrogen-bond donors (Lipinski definition) is 1. The zero-order valence-corrected chi connectivity index (χ0v) is 14.5. The van der Waals surface area contributed by atoms with Crippen molar-refractivity contribution in [2.45, 2.75) is 6.92 Å². The molecule has 2 rings (SSSR count). The Morgan fingerprint density at radius 3 is 2.62 bits per heavy atom. The fourth-order valence-corrected chi connectivity index (χ4v) is 2.16. The number of benzene rings is 2. The molecule has 8 nitrogen and oxygen atoms in total. The number of nitrogens with one attached hydrogen (secondary N) is 1. The molecule has 0 aliphatic carbocycles. The normalized spacial score (nSPS) is 10.1. The highest BCUT2D eigenvalue weighted by Gasteiger charge is 2.16. The number of halogens is 1. The first-order chi connectivity index (χ1) is 12.4. The molecule has 2 aromatic rings. The second-order valence-corrected chi connectivity index (χ2v) is 5.54. The minimum Gasteiger partial charge on any atom is -0.475 e. The van der Waals surface area contributed by atoms with E-state index in [1.807, 2.05) is 0 Å². The summed E-state index contributed by atoms with van der Waals surface area (Å²) in [6.45, 7) is 0.657. The molecule has 0 bridgehead atoms. The van der Waals surface area contributed by atoms with Crippen LogP contribution in [0.15, 0.2) is 42.5 Å². The van der Waals surface area contributed by atoms with E-state index in [4.69, 9.17) is 21.1 Å². The first-order valence-corrected chi connectivity index (χ1v) is 7.83. The van der Waals surface area contributed by atoms with Crippen molar-refractivity contribution in [1.29, 1.82) is 0 Å². The standard InChI is InChI=1S/C17H15ClN2O6/c1-11-12(18)5-4-6-13(11)19-16(21)9-26-17(22)10-25-15-8-3-2-7-14(15)20(23)24/h2-8H,9-10H2,1H3,(H,19,21). The number of para-hydroxylation sites is 2. The second kappa shape index (κ2) is 8.82. The van der Waals surface area contributed by atoms with Gasteiger partial charge in [0.1, 0.15) is 0 Å². The molecule has 26 heavy (non-hydrogen) atoms. The lowest BCUT2D eigenvalue weighted by atomic mass is 10.2. The predicted molar refractivity (Wildman–Crippen MR) is 94.4 cm³/mol. The summed E-state index contributed by atoms with van der Waals surface area (Å²) in [6.07, 6.45) is 0. The molecule has 9 heteroatoms. The van der Waals surface area contributed by atoms with Crippen LogP contribution in [0.4, 0.5) is 11.4 Å². The average Bonchev–Trinajstić information content (AvgIpc) is 2.62. The minimum atomic E-state index is -0.832. The molecule has 1 amide bonds. The molecule has 0 saturated carbocycles. The van der Waals surface area contributed by atoms with Gasteiger partial charge in [-0.2, -0.15) is 0 Å². The third kappa shape index (κ3) is 5.18. The molecule has 0 fully saturated rings. The van der Waals surface area contributed by atoms with E-state index in [0.717, 1.165) is 0 Å². The van der Waals surface area contributed by atoms with Crippen LogP contribution in [-0.2, 0) is 14.3 Å². The van der Waals surface area contributed by atoms with E-state index in [2.05, 4.69) is 5.32 Å². The van der Waals surface area contributed by atoms with Crippen LogP contribution in [0.2, 0.25) is 5.02 Å². The quantitative estimate of drug-likeness (QED) is 0.450. The zero-order chi connectivity index (χ0) is 19.1. The van der Waals surface area contributed by atoms with Crippen LogP contribution in [0, 0.1) is 17.0 Å². The minimum absolute atomic E-state index is 0.0616. The Balaban J connectivity index is 1.83. The van der Waals surface area contributed by atoms with Gasteiger partial charge < -0.3 is 14.8 Å². The van der Waals surface area contributed by atoms with Crippen molar-refractivity contribution >= 4 is 34.9 Å². The summed E-state index contributed by atoms with van der Waals surface area (Å²) in [6, 6.07) is 10.7. The fraction of sp³-hybridized carbons (Fsp3) is 0.176. The molecular formula is C17H15ClN2O6. The molecule has 0 aromatic heterocycles. The first-order valence-electron chi connectivity index (χ1n) is 7.45. The van der Waals surface area contributed by atoms with Crippen LogP contribution < -0.4 is 10.1 Å². The average molecular weight is 379 g/mol. The van der Waals surface area contributed by atoms with Crippen molar-refractivity contribution in [3.05, 3.63) is 63.2 Å². The maximum absolute atomic E-state index is 11.8. The van der Waals surface area contributed by atoms with Gasteiger partial charge in [-0.05, 0) is 30.7 Å². The monoisotopic (exact) mass is 378 g/mol. The van der Waals surface area contributed by atoms with Gasteiger partial charge in [0, 0.05) is 16.8 Å². The first kappa shape index (κ1) is 19.2. The number of nitro benzene ring substituents is 1. The molecule has 2 aromatic carbocycles. The number of nitro groups is 1. The maximum atomic E-state index is 11.8. The second-order valence-electron chi connectivity index (χ2n) is 5.13. The molecular weight excluding hydrogens is 364 g/mol. The Morgan fingerprint density at radius 2 is 1.88 bits per heavy atom. The van der Waals surface area contributed by atoms with Crippen LogP contribution in [0.1, 0.15) is 5.56 Å². The van der Waals surface area contributed by atoms with Gasteiger partial charge in [0.05, 0.1) is 4.92 Å². The number of nitrogens with zero attached hydrogens (tertiary/aromatic N) is 1. The Hall–Kier alpha value is -3.13. The zero-order valence-electron chi connectivity index (χ0n) is 13.7. The number of hydrogen-bond acceptors (Lipinski definition) is 6. The summed E-state index contributed by atoms with van der Waals surface area (Å²) in [5.41, 5.74) is 0.928. The molecule has 0 aliphatic rings. The van der Waals surface area contributed by atoms with Gasteiger partial charge in [-0.25, -0.2) is 4.79 Å². The van der Waals surface area contributed by atoms with E-state index in [-0.39, 0.29) is 11.4 Å². The summed E-state index contributed by atoms with van der Waals surface area (Å²) in [4.78, 5) is 33.7. The molecule has 0 radical (unpaired) electrons. The number of anilines is 1. The number of carbonyl (C=O) groups is 2. The highest BCUT2D eigenvalue weighted by Crippen LogP contribution is 2.25. The molecule has 1 N–H and O–H groups in total. The van der Waals surface area contributed by atoms with Crippen molar-refractivity contribution in [3.8, 4) is 5.75 Å². The van der Waals surface area contributed by atoms with Gasteiger partial charge in [-0.3, -0.25) is 14.9 Å². The predicted octanol–water partition coefficient (Wildman–Crippen LogP) is 3.12. The van der Waals surface area contributed by atoms with Crippen LogP contribution in [0.25, 0.3) is 0 Å². The number of ether oxygens (including phenoxy) is 2. The Labute approximate surface area is 153 Å². The van der Waals surface area contributed by atoms with Gasteiger partial charge >= 0.3 is 11.7 Å². The van der Waals surface area contributed by atoms with Crippen LogP contribution >= 0.6 is 11.6 Å². The molecule has 0 spiro atoms. The van der Waals surface area contributed by atoms with Crippen molar-refractivity contribution in [1.82, 2.24) is 0 Å². The van der Waals surface area contributed by atoms with E-state index in [1.165, 1.54) is 24.3 Å². The summed E-state index contributed by atoms with van der Waals surface area (Å²) in [7, 11) is 0. The molecule has 0 atom stereocenters. The van der Waals surface area contributed by atoms with Crippen molar-refractivity contribution < 1.29 is 24.0 Å². The van der Waals surface area contributed by atoms with Gasteiger partial charge in [-0.1, -0.05) is 29.8 Å². The fourth-order valence-electron chi connectivity index (χ4n) is 1.98. The van der Waals surface area contributed by atoms with Crippen molar-refractivity contribution in [2.75, 3.05) is 18.5 Å². The van der Waals surface area contributed by atoms with Gasteiger partial charge in [0.25, 0.3) is 5.91 Å². The summed E-state index contributed by atoms with van der Waals surface area (Å²) < 4.78 is 9.87. The summed E-state index contributed by atoms with van der Waals surface area (Å²) in [5, 5.41) is 13.9. The van der Waals surface area contributed by atoms with Crippen LogP contribution in [0.5, 0.6) is 5.75 Å².